The Labute approximate surface area is 383 Å². The standard InChI is InChI=1S/C52H88NO9P/c1-3-5-7-9-11-13-15-17-19-21-23-24-25-27-29-31-33-35-37-39-41-43-45-59-46-49(47-60-63(57,58)61-48-50(53)52(55)56)62-51(54)44-42-40-38-36-34-32-30-28-26-22-20-18-16-14-12-10-8-6-4-2/h6,8,12,14-15,17-18,20-21,23,25-28,32,34,49-50H,3-5,7,9-11,13,16,19,22,24,29-31,33,35-48,53H2,1-2H3,(H,55,56)(H,57,58)/b8-6-,14-12-,17-15-,20-18-,23-21-,27-25-,28-26-,34-32-. The van der Waals surface area contributed by atoms with E-state index in [0.29, 0.717) is 13.0 Å². The van der Waals surface area contributed by atoms with Crippen molar-refractivity contribution in [1.29, 1.82) is 0 Å². The number of phosphoric ester groups is 1. The summed E-state index contributed by atoms with van der Waals surface area (Å²) in [5, 5.41) is 8.92. The van der Waals surface area contributed by atoms with Crippen LogP contribution in [0, 0.1) is 0 Å². The summed E-state index contributed by atoms with van der Waals surface area (Å²) in [7, 11) is -4.64. The molecule has 3 atom stereocenters. The maximum Gasteiger partial charge on any atom is 0.472 e. The van der Waals surface area contributed by atoms with Crippen LogP contribution in [0.2, 0.25) is 0 Å². The molecule has 0 fully saturated rings. The molecule has 0 radical (unpaired) electrons. The van der Waals surface area contributed by atoms with Crippen LogP contribution >= 0.6 is 7.82 Å². The van der Waals surface area contributed by atoms with E-state index in [1.165, 1.54) is 64.2 Å². The molecule has 0 heterocycles. The van der Waals surface area contributed by atoms with Gasteiger partial charge in [-0.15, -0.1) is 0 Å². The third kappa shape index (κ3) is 46.7. The van der Waals surface area contributed by atoms with Gasteiger partial charge in [-0.1, -0.05) is 175 Å². The summed E-state index contributed by atoms with van der Waals surface area (Å²) in [6.45, 7) is 3.68. The van der Waals surface area contributed by atoms with Crippen LogP contribution in [0.4, 0.5) is 0 Å². The maximum atomic E-state index is 12.7. The molecule has 0 aromatic heterocycles. The number of nitrogens with two attached hydrogens (primary N) is 1. The molecule has 3 unspecified atom stereocenters. The number of allylic oxidation sites excluding steroid dienone is 16. The first-order valence-electron chi connectivity index (χ1n) is 24.3. The molecule has 0 bridgehead atoms. The maximum absolute atomic E-state index is 12.7. The molecule has 0 aromatic carbocycles. The second kappa shape index (κ2) is 46.9. The summed E-state index contributed by atoms with van der Waals surface area (Å²) in [4.78, 5) is 33.6. The highest BCUT2D eigenvalue weighted by Crippen LogP contribution is 2.43. The van der Waals surface area contributed by atoms with E-state index in [2.05, 4.69) is 111 Å². The number of ether oxygens (including phenoxy) is 2. The molecule has 0 aliphatic rings. The van der Waals surface area contributed by atoms with E-state index in [-0.39, 0.29) is 13.0 Å². The molecule has 4 N–H and O–H groups in total. The van der Waals surface area contributed by atoms with Crippen LogP contribution in [0.5, 0.6) is 0 Å². The van der Waals surface area contributed by atoms with E-state index in [9.17, 15) is 19.0 Å². The Hall–Kier alpha value is -3.11. The molecule has 0 aromatic rings. The molecule has 0 amide bonds. The lowest BCUT2D eigenvalue weighted by molar-refractivity contribution is -0.154. The first kappa shape index (κ1) is 59.9. The average Bonchev–Trinajstić information content (AvgIpc) is 3.26. The van der Waals surface area contributed by atoms with Gasteiger partial charge in [0, 0.05) is 13.0 Å². The van der Waals surface area contributed by atoms with E-state index in [4.69, 9.17) is 29.4 Å². The van der Waals surface area contributed by atoms with Gasteiger partial charge in [-0.2, -0.15) is 0 Å². The molecule has 360 valence electrons. The zero-order valence-electron chi connectivity index (χ0n) is 39.4. The van der Waals surface area contributed by atoms with Crippen molar-refractivity contribution in [3.63, 3.8) is 0 Å². The van der Waals surface area contributed by atoms with Crippen LogP contribution in [0.1, 0.15) is 181 Å². The number of carbonyl (C=O) groups excluding carboxylic acids is 1. The van der Waals surface area contributed by atoms with Gasteiger partial charge in [-0.25, -0.2) is 4.57 Å². The van der Waals surface area contributed by atoms with Crippen molar-refractivity contribution in [3.05, 3.63) is 97.2 Å². The van der Waals surface area contributed by atoms with Gasteiger partial charge in [0.25, 0.3) is 0 Å². The zero-order chi connectivity index (χ0) is 46.2. The summed E-state index contributed by atoms with van der Waals surface area (Å²) >= 11 is 0. The van der Waals surface area contributed by atoms with Gasteiger partial charge in [0.2, 0.25) is 0 Å². The summed E-state index contributed by atoms with van der Waals surface area (Å²) in [5.41, 5.74) is 5.36. The summed E-state index contributed by atoms with van der Waals surface area (Å²) in [6.07, 6.45) is 61.7. The van der Waals surface area contributed by atoms with Gasteiger partial charge in [0.1, 0.15) is 12.1 Å². The van der Waals surface area contributed by atoms with Gasteiger partial charge < -0.3 is 25.2 Å². The first-order chi connectivity index (χ1) is 30.7. The molecule has 0 aliphatic carbocycles. The molecule has 11 heteroatoms. The molecule has 0 saturated heterocycles. The highest BCUT2D eigenvalue weighted by Gasteiger charge is 2.27. The lowest BCUT2D eigenvalue weighted by Crippen LogP contribution is -2.34. The van der Waals surface area contributed by atoms with Crippen molar-refractivity contribution in [2.24, 2.45) is 5.73 Å². The fourth-order valence-corrected chi connectivity index (χ4v) is 6.88. The Morgan fingerprint density at radius 3 is 1.38 bits per heavy atom. The number of hydrogen-bond acceptors (Lipinski definition) is 8. The molecule has 10 nitrogen and oxygen atoms in total. The second-order valence-electron chi connectivity index (χ2n) is 15.9. The minimum Gasteiger partial charge on any atom is -0.480 e. The lowest BCUT2D eigenvalue weighted by Gasteiger charge is -2.20. The van der Waals surface area contributed by atoms with E-state index >= 15 is 0 Å². The van der Waals surface area contributed by atoms with Gasteiger partial charge >= 0.3 is 19.8 Å². The highest BCUT2D eigenvalue weighted by atomic mass is 31.2. The Kier molecular flexibility index (Phi) is 44.6. The lowest BCUT2D eigenvalue weighted by atomic mass is 10.1. The normalized spacial score (nSPS) is 14.6. The number of hydrogen-bond donors (Lipinski definition) is 3. The number of phosphoric acid groups is 1. The molecule has 0 spiro atoms. The van der Waals surface area contributed by atoms with Crippen LogP contribution in [0.15, 0.2) is 97.2 Å². The molecule has 0 saturated carbocycles. The first-order valence-corrected chi connectivity index (χ1v) is 25.8. The number of rotatable bonds is 45. The third-order valence-electron chi connectivity index (χ3n) is 9.85. The Morgan fingerprint density at radius 2 is 0.921 bits per heavy atom. The highest BCUT2D eigenvalue weighted by molar-refractivity contribution is 7.47. The Balaban J connectivity index is 4.29. The van der Waals surface area contributed by atoms with Crippen LogP contribution in [0.3, 0.4) is 0 Å². The number of unbranched alkanes of at least 4 members (excludes halogenated alkanes) is 15. The number of carboxylic acid groups (broad SMARTS) is 1. The van der Waals surface area contributed by atoms with Crippen LogP contribution < -0.4 is 5.73 Å². The fraction of sp³-hybridized carbons (Fsp3) is 0.654. The quantitative estimate of drug-likeness (QED) is 0.0233. The number of esters is 1. The zero-order valence-corrected chi connectivity index (χ0v) is 40.3. The Bertz CT molecular complexity index is 1370. The smallest absolute Gasteiger partial charge is 0.472 e. The minimum atomic E-state index is -4.64. The van der Waals surface area contributed by atoms with Crippen molar-refractivity contribution in [3.8, 4) is 0 Å². The number of carboxylic acids is 1. The van der Waals surface area contributed by atoms with E-state index in [1.807, 2.05) is 0 Å². The Morgan fingerprint density at radius 1 is 0.524 bits per heavy atom. The van der Waals surface area contributed by atoms with E-state index < -0.39 is 45.1 Å². The second-order valence-corrected chi connectivity index (χ2v) is 17.3. The predicted octanol–water partition coefficient (Wildman–Crippen LogP) is 14.1. The van der Waals surface area contributed by atoms with Crippen LogP contribution in [-0.2, 0) is 32.7 Å². The summed E-state index contributed by atoms with van der Waals surface area (Å²) in [5.74, 6) is -1.82. The molecule has 0 rings (SSSR count). The van der Waals surface area contributed by atoms with E-state index in [0.717, 1.165) is 89.9 Å². The fourth-order valence-electron chi connectivity index (χ4n) is 6.11. The van der Waals surface area contributed by atoms with Gasteiger partial charge in [-0.05, 0) is 96.3 Å². The van der Waals surface area contributed by atoms with Crippen molar-refractivity contribution in [1.82, 2.24) is 0 Å². The monoisotopic (exact) mass is 902 g/mol. The topological polar surface area (TPSA) is 155 Å². The predicted molar refractivity (Wildman–Crippen MR) is 263 cm³/mol. The molecule has 63 heavy (non-hydrogen) atoms. The molecular weight excluding hydrogens is 814 g/mol. The largest absolute Gasteiger partial charge is 0.480 e. The van der Waals surface area contributed by atoms with E-state index in [1.54, 1.807) is 0 Å². The van der Waals surface area contributed by atoms with Crippen molar-refractivity contribution >= 4 is 19.8 Å². The third-order valence-corrected chi connectivity index (χ3v) is 10.8. The van der Waals surface area contributed by atoms with Crippen molar-refractivity contribution in [2.45, 2.75) is 193 Å². The number of aliphatic carboxylic acids is 1. The van der Waals surface area contributed by atoms with Crippen molar-refractivity contribution < 1.29 is 42.7 Å². The average molecular weight is 902 g/mol. The van der Waals surface area contributed by atoms with Gasteiger partial charge in [0.05, 0.1) is 19.8 Å². The minimum absolute atomic E-state index is 0.00986. The van der Waals surface area contributed by atoms with Gasteiger partial charge in [-0.3, -0.25) is 18.6 Å². The molecule has 0 aliphatic heterocycles. The number of carbonyl (C=O) groups is 2. The SMILES string of the molecule is CC/C=C\C/C=C\C/C=C\C/C=C\C/C=C\CCCCCC(=O)OC(COCCCCCCCCC/C=C\C/C=C\C/C=C\CCCCCCC)COP(=O)(O)OCC(N)C(=O)O. The summed E-state index contributed by atoms with van der Waals surface area (Å²) in [6, 6.07) is -1.49. The van der Waals surface area contributed by atoms with Crippen LogP contribution in [0.25, 0.3) is 0 Å². The molecular formula is C52H88NO9P. The van der Waals surface area contributed by atoms with Crippen molar-refractivity contribution in [2.75, 3.05) is 26.4 Å². The van der Waals surface area contributed by atoms with Crippen LogP contribution in [-0.4, -0.2) is 60.5 Å². The summed E-state index contributed by atoms with van der Waals surface area (Å²) < 4.78 is 33.4. The van der Waals surface area contributed by atoms with Gasteiger partial charge in [0.15, 0.2) is 0 Å².